The Labute approximate surface area is 176 Å². The van der Waals surface area contributed by atoms with Crippen molar-refractivity contribution in [2.75, 3.05) is 37.6 Å². The number of guanidine groups is 1. The number of rotatable bonds is 6. The molecule has 7 heteroatoms. The minimum absolute atomic E-state index is 0.672. The summed E-state index contributed by atoms with van der Waals surface area (Å²) >= 11 is 1.81. The van der Waals surface area contributed by atoms with E-state index in [0.717, 1.165) is 45.2 Å². The van der Waals surface area contributed by atoms with Crippen molar-refractivity contribution in [3.63, 3.8) is 0 Å². The Morgan fingerprint density at radius 3 is 2.59 bits per heavy atom. The van der Waals surface area contributed by atoms with Crippen molar-refractivity contribution in [3.8, 4) is 0 Å². The van der Waals surface area contributed by atoms with E-state index in [1.807, 2.05) is 34.5 Å². The number of benzene rings is 1. The lowest BCUT2D eigenvalue weighted by Crippen LogP contribution is -2.52. The molecule has 4 rings (SSSR count). The van der Waals surface area contributed by atoms with Gasteiger partial charge in [0.15, 0.2) is 5.96 Å². The zero-order valence-corrected chi connectivity index (χ0v) is 17.7. The Morgan fingerprint density at radius 1 is 1.07 bits per heavy atom. The number of hydrogen-bond donors (Lipinski definition) is 1. The van der Waals surface area contributed by atoms with Gasteiger partial charge in [0.05, 0.1) is 18.1 Å². The second-order valence-corrected chi connectivity index (χ2v) is 7.99. The highest BCUT2D eigenvalue weighted by molar-refractivity contribution is 7.14. The standard InChI is InChI=1S/C22H28N6S/c1-2-23-22(27-14-12-26(13-15-27)21-9-5-16-29-21)24-17-19-7-3-4-8-20(19)18-28-11-6-10-25-28/h3-11,16H,2,12-15,17-18H2,1H3,(H,23,24). The number of nitrogens with one attached hydrogen (secondary N) is 1. The maximum Gasteiger partial charge on any atom is 0.194 e. The largest absolute Gasteiger partial charge is 0.360 e. The van der Waals surface area contributed by atoms with Crippen molar-refractivity contribution in [1.82, 2.24) is 20.0 Å². The molecule has 29 heavy (non-hydrogen) atoms. The fourth-order valence-electron chi connectivity index (χ4n) is 3.61. The minimum atomic E-state index is 0.672. The van der Waals surface area contributed by atoms with E-state index in [2.05, 4.69) is 68.9 Å². The lowest BCUT2D eigenvalue weighted by molar-refractivity contribution is 0.373. The first-order valence-corrected chi connectivity index (χ1v) is 11.1. The molecule has 1 saturated heterocycles. The van der Waals surface area contributed by atoms with Gasteiger partial charge in [0.1, 0.15) is 0 Å². The van der Waals surface area contributed by atoms with Crippen molar-refractivity contribution in [2.24, 2.45) is 4.99 Å². The third-order valence-corrected chi connectivity index (χ3v) is 6.07. The van der Waals surface area contributed by atoms with Crippen molar-refractivity contribution >= 4 is 22.3 Å². The third-order valence-electron chi connectivity index (χ3n) is 5.14. The lowest BCUT2D eigenvalue weighted by atomic mass is 10.1. The van der Waals surface area contributed by atoms with Crippen LogP contribution in [0.2, 0.25) is 0 Å². The van der Waals surface area contributed by atoms with Gasteiger partial charge in [-0.1, -0.05) is 24.3 Å². The lowest BCUT2D eigenvalue weighted by Gasteiger charge is -2.37. The molecule has 2 aromatic heterocycles. The van der Waals surface area contributed by atoms with E-state index < -0.39 is 0 Å². The van der Waals surface area contributed by atoms with Crippen LogP contribution in [0.4, 0.5) is 5.00 Å². The Hall–Kier alpha value is -2.80. The van der Waals surface area contributed by atoms with Crippen molar-refractivity contribution < 1.29 is 0 Å². The van der Waals surface area contributed by atoms with Gasteiger partial charge in [-0.05, 0) is 41.6 Å². The highest BCUT2D eigenvalue weighted by atomic mass is 32.1. The molecule has 0 radical (unpaired) electrons. The van der Waals surface area contributed by atoms with Gasteiger partial charge < -0.3 is 15.1 Å². The number of anilines is 1. The van der Waals surface area contributed by atoms with Gasteiger partial charge in [-0.15, -0.1) is 11.3 Å². The fraction of sp³-hybridized carbons (Fsp3) is 0.364. The Kier molecular flexibility index (Phi) is 6.46. The predicted molar refractivity (Wildman–Crippen MR) is 121 cm³/mol. The summed E-state index contributed by atoms with van der Waals surface area (Å²) in [7, 11) is 0. The molecule has 0 bridgehead atoms. The SMILES string of the molecule is CCNC(=NCc1ccccc1Cn1cccn1)N1CCN(c2cccs2)CC1. The second-order valence-electron chi connectivity index (χ2n) is 7.07. The van der Waals surface area contributed by atoms with Crippen molar-refractivity contribution in [2.45, 2.75) is 20.0 Å². The Balaban J connectivity index is 1.43. The molecule has 1 aliphatic heterocycles. The van der Waals surface area contributed by atoms with Crippen LogP contribution < -0.4 is 10.2 Å². The van der Waals surface area contributed by atoms with Gasteiger partial charge in [-0.2, -0.15) is 5.10 Å². The molecule has 3 aromatic rings. The summed E-state index contributed by atoms with van der Waals surface area (Å²) in [6.45, 7) is 8.47. The van der Waals surface area contributed by atoms with Gasteiger partial charge >= 0.3 is 0 Å². The summed E-state index contributed by atoms with van der Waals surface area (Å²) in [5.74, 6) is 1.01. The van der Waals surface area contributed by atoms with E-state index in [9.17, 15) is 0 Å². The second kappa shape index (κ2) is 9.60. The van der Waals surface area contributed by atoms with E-state index in [0.29, 0.717) is 6.54 Å². The molecule has 1 fully saturated rings. The number of thiophene rings is 1. The molecule has 0 saturated carbocycles. The topological polar surface area (TPSA) is 48.7 Å². The summed E-state index contributed by atoms with van der Waals surface area (Å²) in [6.07, 6.45) is 3.82. The van der Waals surface area contributed by atoms with E-state index in [1.54, 1.807) is 0 Å². The van der Waals surface area contributed by atoms with Gasteiger partial charge in [-0.25, -0.2) is 4.99 Å². The zero-order chi connectivity index (χ0) is 19.9. The zero-order valence-electron chi connectivity index (χ0n) is 16.9. The van der Waals surface area contributed by atoms with Crippen LogP contribution in [-0.4, -0.2) is 53.4 Å². The highest BCUT2D eigenvalue weighted by Gasteiger charge is 2.20. The molecule has 0 atom stereocenters. The van der Waals surface area contributed by atoms with Crippen molar-refractivity contribution in [3.05, 3.63) is 71.4 Å². The van der Waals surface area contributed by atoms with Crippen LogP contribution in [0, 0.1) is 0 Å². The van der Waals surface area contributed by atoms with E-state index in [4.69, 9.17) is 4.99 Å². The summed E-state index contributed by atoms with van der Waals surface area (Å²) in [4.78, 5) is 9.81. The molecule has 0 spiro atoms. The first-order valence-electron chi connectivity index (χ1n) is 10.2. The molecule has 0 aliphatic carbocycles. The monoisotopic (exact) mass is 408 g/mol. The number of aliphatic imine (C=N–C) groups is 1. The fourth-order valence-corrected chi connectivity index (χ4v) is 4.39. The molecule has 3 heterocycles. The highest BCUT2D eigenvalue weighted by Crippen LogP contribution is 2.22. The summed E-state index contributed by atoms with van der Waals surface area (Å²) in [5.41, 5.74) is 2.51. The van der Waals surface area contributed by atoms with Crippen LogP contribution in [0.1, 0.15) is 18.1 Å². The third kappa shape index (κ3) is 4.98. The first-order chi connectivity index (χ1) is 14.3. The maximum atomic E-state index is 4.97. The molecular weight excluding hydrogens is 380 g/mol. The molecule has 152 valence electrons. The Morgan fingerprint density at radius 2 is 1.90 bits per heavy atom. The summed E-state index contributed by atoms with van der Waals surface area (Å²) in [6, 6.07) is 14.8. The average Bonchev–Trinajstić information content (AvgIpc) is 3.47. The maximum absolute atomic E-state index is 4.97. The van der Waals surface area contributed by atoms with E-state index in [-0.39, 0.29) is 0 Å². The molecule has 1 aromatic carbocycles. The van der Waals surface area contributed by atoms with Gasteiger partial charge in [0.2, 0.25) is 0 Å². The van der Waals surface area contributed by atoms with Crippen LogP contribution in [-0.2, 0) is 13.1 Å². The van der Waals surface area contributed by atoms with Crippen molar-refractivity contribution in [1.29, 1.82) is 0 Å². The van der Waals surface area contributed by atoms with Crippen LogP contribution in [0.5, 0.6) is 0 Å². The molecular formula is C22H28N6S. The molecule has 1 aliphatic rings. The summed E-state index contributed by atoms with van der Waals surface area (Å²) in [5, 5.41) is 11.3. The molecule has 0 amide bonds. The van der Waals surface area contributed by atoms with E-state index >= 15 is 0 Å². The van der Waals surface area contributed by atoms with Crippen LogP contribution >= 0.6 is 11.3 Å². The number of nitrogens with zero attached hydrogens (tertiary/aromatic N) is 5. The number of hydrogen-bond acceptors (Lipinski definition) is 4. The summed E-state index contributed by atoms with van der Waals surface area (Å²) < 4.78 is 1.96. The van der Waals surface area contributed by atoms with Gasteiger partial charge in [0, 0.05) is 45.1 Å². The predicted octanol–water partition coefficient (Wildman–Crippen LogP) is 3.28. The van der Waals surface area contributed by atoms with Crippen LogP contribution in [0.15, 0.2) is 65.2 Å². The minimum Gasteiger partial charge on any atom is -0.360 e. The average molecular weight is 409 g/mol. The van der Waals surface area contributed by atoms with Gasteiger partial charge in [-0.3, -0.25) is 4.68 Å². The smallest absolute Gasteiger partial charge is 0.194 e. The molecule has 1 N–H and O–H groups in total. The van der Waals surface area contributed by atoms with E-state index in [1.165, 1.54) is 16.1 Å². The molecule has 0 unspecified atom stereocenters. The number of piperazine rings is 1. The Bertz CT molecular complexity index is 895. The number of aromatic nitrogens is 2. The molecule has 6 nitrogen and oxygen atoms in total. The van der Waals surface area contributed by atoms with Crippen LogP contribution in [0.3, 0.4) is 0 Å². The quantitative estimate of drug-likeness (QED) is 0.502. The normalized spacial score (nSPS) is 15.0. The van der Waals surface area contributed by atoms with Crippen LogP contribution in [0.25, 0.3) is 0 Å². The van der Waals surface area contributed by atoms with Gasteiger partial charge in [0.25, 0.3) is 0 Å². The first kappa shape index (κ1) is 19.5.